The number of halogens is 3. The highest BCUT2D eigenvalue weighted by Crippen LogP contribution is 2.40. The first-order valence-electron chi connectivity index (χ1n) is 7.49. The van der Waals surface area contributed by atoms with Crippen molar-refractivity contribution in [3.05, 3.63) is 65.1 Å². The predicted octanol–water partition coefficient (Wildman–Crippen LogP) is 4.22. The molecule has 3 nitrogen and oxygen atoms in total. The molecule has 1 aromatic carbocycles. The second-order valence-electron chi connectivity index (χ2n) is 5.96. The molecule has 0 radical (unpaired) electrons. The topological polar surface area (TPSA) is 30.2 Å². The number of nitrogens with zero attached hydrogens (tertiary/aromatic N) is 3. The molecular weight excluding hydrogens is 303 g/mol. The van der Waals surface area contributed by atoms with E-state index in [4.69, 9.17) is 0 Å². The third-order valence-corrected chi connectivity index (χ3v) is 4.19. The van der Waals surface area contributed by atoms with Gasteiger partial charge in [-0.25, -0.2) is 9.50 Å². The van der Waals surface area contributed by atoms with Gasteiger partial charge in [-0.3, -0.25) is 0 Å². The lowest BCUT2D eigenvalue weighted by Gasteiger charge is -2.10. The van der Waals surface area contributed by atoms with E-state index in [1.54, 1.807) is 4.52 Å². The molecule has 1 aliphatic carbocycles. The summed E-state index contributed by atoms with van der Waals surface area (Å²) in [6, 6.07) is 9.43. The minimum atomic E-state index is -4.30. The van der Waals surface area contributed by atoms with Gasteiger partial charge in [-0.2, -0.15) is 18.3 Å². The van der Waals surface area contributed by atoms with Crippen molar-refractivity contribution in [3.8, 4) is 0 Å². The molecule has 0 amide bonds. The van der Waals surface area contributed by atoms with Crippen LogP contribution in [-0.4, -0.2) is 14.6 Å². The van der Waals surface area contributed by atoms with Gasteiger partial charge in [-0.1, -0.05) is 12.1 Å². The van der Waals surface area contributed by atoms with Gasteiger partial charge in [0.25, 0.3) is 0 Å². The number of rotatable bonds is 3. The van der Waals surface area contributed by atoms with Crippen LogP contribution in [0.5, 0.6) is 0 Å². The molecule has 2 heterocycles. The molecule has 6 heteroatoms. The highest BCUT2D eigenvalue weighted by Gasteiger charge is 2.30. The number of hydrogen-bond donors (Lipinski definition) is 0. The third kappa shape index (κ3) is 2.81. The number of alkyl halides is 3. The second kappa shape index (κ2) is 5.08. The summed E-state index contributed by atoms with van der Waals surface area (Å²) in [6.07, 6.45) is 0.0957. The highest BCUT2D eigenvalue weighted by molar-refractivity contribution is 5.45. The summed E-state index contributed by atoms with van der Waals surface area (Å²) in [5, 5.41) is 4.22. The van der Waals surface area contributed by atoms with Gasteiger partial charge in [0.2, 0.25) is 0 Å². The van der Waals surface area contributed by atoms with E-state index >= 15 is 0 Å². The molecule has 0 N–H and O–H groups in total. The number of hydrogen-bond acceptors (Lipinski definition) is 2. The van der Waals surface area contributed by atoms with Crippen molar-refractivity contribution < 1.29 is 13.2 Å². The van der Waals surface area contributed by atoms with Crippen LogP contribution in [0.3, 0.4) is 0 Å². The molecule has 0 unspecified atom stereocenters. The molecule has 23 heavy (non-hydrogen) atoms. The van der Waals surface area contributed by atoms with Crippen molar-refractivity contribution in [1.82, 2.24) is 14.6 Å². The normalized spacial score (nSPS) is 15.3. The molecule has 0 atom stereocenters. The first-order chi connectivity index (χ1) is 11.0. The Bertz CT molecular complexity index is 846. The number of aromatic nitrogens is 3. The summed E-state index contributed by atoms with van der Waals surface area (Å²) in [6.45, 7) is 0. The second-order valence-corrected chi connectivity index (χ2v) is 5.96. The molecule has 118 valence electrons. The predicted molar refractivity (Wildman–Crippen MR) is 79.2 cm³/mol. The van der Waals surface area contributed by atoms with Gasteiger partial charge in [0.1, 0.15) is 6.33 Å². The van der Waals surface area contributed by atoms with Crippen molar-refractivity contribution in [1.29, 1.82) is 0 Å². The highest BCUT2D eigenvalue weighted by atomic mass is 19.4. The fraction of sp³-hybridized carbons (Fsp3) is 0.294. The molecule has 1 saturated carbocycles. The molecule has 0 saturated heterocycles. The van der Waals surface area contributed by atoms with Crippen molar-refractivity contribution >= 4 is 5.65 Å². The van der Waals surface area contributed by atoms with Gasteiger partial charge in [0.05, 0.1) is 5.56 Å². The Morgan fingerprint density at radius 2 is 1.83 bits per heavy atom. The van der Waals surface area contributed by atoms with Gasteiger partial charge < -0.3 is 0 Å². The number of pyridine rings is 1. The van der Waals surface area contributed by atoms with Gasteiger partial charge in [-0.05, 0) is 54.2 Å². The smallest absolute Gasteiger partial charge is 0.218 e. The van der Waals surface area contributed by atoms with Gasteiger partial charge in [-0.15, -0.1) is 0 Å². The Kier molecular flexibility index (Phi) is 3.14. The van der Waals surface area contributed by atoms with E-state index in [2.05, 4.69) is 16.1 Å². The largest absolute Gasteiger partial charge is 0.416 e. The Labute approximate surface area is 130 Å². The van der Waals surface area contributed by atoms with E-state index in [0.717, 1.165) is 29.0 Å². The Morgan fingerprint density at radius 3 is 2.48 bits per heavy atom. The molecule has 0 spiro atoms. The number of benzene rings is 1. The van der Waals surface area contributed by atoms with E-state index in [1.165, 1.54) is 36.9 Å². The quantitative estimate of drug-likeness (QED) is 0.724. The van der Waals surface area contributed by atoms with Crippen LogP contribution < -0.4 is 0 Å². The van der Waals surface area contributed by atoms with Crippen molar-refractivity contribution in [2.45, 2.75) is 31.4 Å². The van der Waals surface area contributed by atoms with Gasteiger partial charge in [0.15, 0.2) is 5.65 Å². The minimum Gasteiger partial charge on any atom is -0.218 e. The van der Waals surface area contributed by atoms with Crippen molar-refractivity contribution in [2.75, 3.05) is 0 Å². The Balaban J connectivity index is 1.68. The summed E-state index contributed by atoms with van der Waals surface area (Å²) >= 11 is 0. The number of fused-ring (bicyclic) bond motifs is 1. The fourth-order valence-electron chi connectivity index (χ4n) is 2.81. The van der Waals surface area contributed by atoms with Crippen LogP contribution in [0.2, 0.25) is 0 Å². The summed E-state index contributed by atoms with van der Waals surface area (Å²) < 4.78 is 39.7. The fourth-order valence-corrected chi connectivity index (χ4v) is 2.81. The SMILES string of the molecule is FC(F)(F)c1ccc(Cc2cc(C3CC3)cc3ncnn23)cc1. The Morgan fingerprint density at radius 1 is 1.09 bits per heavy atom. The lowest BCUT2D eigenvalue weighted by atomic mass is 10.0. The summed E-state index contributed by atoms with van der Waals surface area (Å²) in [5.41, 5.74) is 3.17. The average molecular weight is 317 g/mol. The van der Waals surface area contributed by atoms with Crippen LogP contribution in [0, 0.1) is 0 Å². The first-order valence-corrected chi connectivity index (χ1v) is 7.49. The van der Waals surface area contributed by atoms with E-state index < -0.39 is 11.7 Å². The maximum absolute atomic E-state index is 12.6. The maximum atomic E-state index is 12.6. The zero-order valence-corrected chi connectivity index (χ0v) is 12.2. The van der Waals surface area contributed by atoms with E-state index in [0.29, 0.717) is 12.3 Å². The minimum absolute atomic E-state index is 0.526. The van der Waals surface area contributed by atoms with E-state index in [1.807, 2.05) is 6.07 Å². The van der Waals surface area contributed by atoms with E-state index in [-0.39, 0.29) is 0 Å². The molecule has 1 aliphatic rings. The van der Waals surface area contributed by atoms with Gasteiger partial charge in [0, 0.05) is 12.1 Å². The molecule has 2 aromatic heterocycles. The summed E-state index contributed by atoms with van der Waals surface area (Å²) in [5.74, 6) is 0.586. The molecule has 0 bridgehead atoms. The summed E-state index contributed by atoms with van der Waals surface area (Å²) in [7, 11) is 0. The zero-order chi connectivity index (χ0) is 16.0. The monoisotopic (exact) mass is 317 g/mol. The van der Waals surface area contributed by atoms with Crippen LogP contribution in [0.1, 0.15) is 41.1 Å². The van der Waals surface area contributed by atoms with Crippen LogP contribution in [0.4, 0.5) is 13.2 Å². The molecular formula is C17H14F3N3. The van der Waals surface area contributed by atoms with Crippen molar-refractivity contribution in [3.63, 3.8) is 0 Å². The first kappa shape index (κ1) is 14.2. The van der Waals surface area contributed by atoms with E-state index in [9.17, 15) is 13.2 Å². The maximum Gasteiger partial charge on any atom is 0.416 e. The van der Waals surface area contributed by atoms with Gasteiger partial charge >= 0.3 is 6.18 Å². The lowest BCUT2D eigenvalue weighted by Crippen LogP contribution is -2.05. The molecule has 3 aromatic rings. The van der Waals surface area contributed by atoms with Crippen LogP contribution in [-0.2, 0) is 12.6 Å². The molecule has 4 rings (SSSR count). The zero-order valence-electron chi connectivity index (χ0n) is 12.2. The van der Waals surface area contributed by atoms with Crippen LogP contribution in [0.15, 0.2) is 42.7 Å². The van der Waals surface area contributed by atoms with Crippen molar-refractivity contribution in [2.24, 2.45) is 0 Å². The van der Waals surface area contributed by atoms with Crippen LogP contribution in [0.25, 0.3) is 5.65 Å². The average Bonchev–Trinajstić information content (AvgIpc) is 3.25. The molecule has 0 aliphatic heterocycles. The Hall–Kier alpha value is -2.37. The lowest BCUT2D eigenvalue weighted by molar-refractivity contribution is -0.137. The molecule has 1 fully saturated rings. The third-order valence-electron chi connectivity index (χ3n) is 4.19. The van der Waals surface area contributed by atoms with Crippen LogP contribution >= 0.6 is 0 Å². The standard InChI is InChI=1S/C17H14F3N3/c18-17(19,20)14-5-1-11(2-6-14)7-15-8-13(12-3-4-12)9-16-21-10-22-23(15)16/h1-2,5-6,8-10,12H,3-4,7H2. The summed E-state index contributed by atoms with van der Waals surface area (Å²) in [4.78, 5) is 4.24.